The van der Waals surface area contributed by atoms with E-state index in [0.29, 0.717) is 40.3 Å². The van der Waals surface area contributed by atoms with Crippen molar-refractivity contribution < 1.29 is 14.3 Å². The number of halogens is 4. The first-order valence-electron chi connectivity index (χ1n) is 7.79. The Bertz CT molecular complexity index is 579. The van der Waals surface area contributed by atoms with Gasteiger partial charge in [0.05, 0.1) is 25.8 Å². The number of oxime groups is 1. The maximum atomic E-state index is 6.27. The van der Waals surface area contributed by atoms with Crippen molar-refractivity contribution in [3.8, 4) is 11.5 Å². The van der Waals surface area contributed by atoms with Gasteiger partial charge in [0.2, 0.25) is 0 Å². The number of unbranched alkanes of at least 4 members (excludes halogenated alkanes) is 2. The SMILES string of the molecule is CC(C)=NOCCCCCOc1c(Cl)cc(OC/C=C(\Cl)Br)cc1Br. The van der Waals surface area contributed by atoms with Crippen molar-refractivity contribution in [2.24, 2.45) is 5.16 Å². The Labute approximate surface area is 175 Å². The number of nitrogens with zero attached hydrogens (tertiary/aromatic N) is 1. The molecule has 0 aliphatic rings. The van der Waals surface area contributed by atoms with Crippen molar-refractivity contribution in [3.63, 3.8) is 0 Å². The molecule has 0 unspecified atom stereocenters. The van der Waals surface area contributed by atoms with Gasteiger partial charge in [0.15, 0.2) is 5.75 Å². The van der Waals surface area contributed by atoms with Gasteiger partial charge in [-0.25, -0.2) is 0 Å². The number of benzene rings is 1. The number of hydrogen-bond acceptors (Lipinski definition) is 4. The van der Waals surface area contributed by atoms with E-state index in [1.807, 2.05) is 19.9 Å². The molecule has 140 valence electrons. The molecule has 1 aromatic rings. The van der Waals surface area contributed by atoms with E-state index < -0.39 is 0 Å². The molecule has 25 heavy (non-hydrogen) atoms. The predicted octanol–water partition coefficient (Wildman–Crippen LogP) is 6.92. The zero-order valence-electron chi connectivity index (χ0n) is 14.2. The van der Waals surface area contributed by atoms with Crippen LogP contribution in [0.3, 0.4) is 0 Å². The van der Waals surface area contributed by atoms with Crippen molar-refractivity contribution in [2.75, 3.05) is 19.8 Å². The number of ether oxygens (including phenoxy) is 2. The summed E-state index contributed by atoms with van der Waals surface area (Å²) in [5.41, 5.74) is 0.918. The summed E-state index contributed by atoms with van der Waals surface area (Å²) in [6.45, 7) is 5.35. The van der Waals surface area contributed by atoms with Crippen LogP contribution < -0.4 is 9.47 Å². The van der Waals surface area contributed by atoms with Crippen LogP contribution in [0.1, 0.15) is 33.1 Å². The maximum Gasteiger partial charge on any atom is 0.152 e. The molecule has 0 N–H and O–H groups in total. The topological polar surface area (TPSA) is 40.0 Å². The zero-order chi connectivity index (χ0) is 18.7. The van der Waals surface area contributed by atoms with E-state index in [1.54, 1.807) is 12.1 Å². The van der Waals surface area contributed by atoms with Gasteiger partial charge in [-0.1, -0.05) is 28.4 Å². The third-order valence-electron chi connectivity index (χ3n) is 2.83. The lowest BCUT2D eigenvalue weighted by atomic mass is 10.2. The summed E-state index contributed by atoms with van der Waals surface area (Å²) in [6.07, 6.45) is 4.54. The first-order valence-corrected chi connectivity index (χ1v) is 10.1. The summed E-state index contributed by atoms with van der Waals surface area (Å²) in [5, 5.41) is 4.38. The standard InChI is InChI=1S/C17H21Br2Cl2NO3/c1-12(2)22-25-8-5-3-4-7-24-17-14(18)10-13(11-15(17)20)23-9-6-16(19)21/h6,10-11H,3-5,7-9H2,1-2H3/b16-6-. The molecule has 8 heteroatoms. The third-order valence-corrected chi connectivity index (χ3v) is 4.18. The molecule has 0 amide bonds. The Morgan fingerprint density at radius 3 is 2.52 bits per heavy atom. The second-order valence-corrected chi connectivity index (χ2v) is 8.28. The Morgan fingerprint density at radius 2 is 1.88 bits per heavy atom. The van der Waals surface area contributed by atoms with Gasteiger partial charge in [-0.05, 0) is 77.1 Å². The highest BCUT2D eigenvalue weighted by molar-refractivity contribution is 9.12. The van der Waals surface area contributed by atoms with E-state index in [-0.39, 0.29) is 0 Å². The first-order chi connectivity index (χ1) is 11.9. The van der Waals surface area contributed by atoms with E-state index >= 15 is 0 Å². The monoisotopic (exact) mass is 515 g/mol. The second kappa shape index (κ2) is 12.8. The molecular weight excluding hydrogens is 497 g/mol. The molecule has 0 fully saturated rings. The van der Waals surface area contributed by atoms with Crippen LogP contribution in [0.2, 0.25) is 5.02 Å². The van der Waals surface area contributed by atoms with Crippen molar-refractivity contribution >= 4 is 60.8 Å². The van der Waals surface area contributed by atoms with Crippen molar-refractivity contribution in [2.45, 2.75) is 33.1 Å². The molecule has 0 saturated carbocycles. The molecule has 0 aliphatic heterocycles. The average molecular weight is 518 g/mol. The summed E-state index contributed by atoms with van der Waals surface area (Å²) >= 11 is 18.5. The molecular formula is C17H21Br2Cl2NO3. The van der Waals surface area contributed by atoms with Crippen LogP contribution in [-0.4, -0.2) is 25.5 Å². The maximum absolute atomic E-state index is 6.27. The lowest BCUT2D eigenvalue weighted by Crippen LogP contribution is -2.01. The van der Waals surface area contributed by atoms with E-state index in [1.165, 1.54) is 0 Å². The first kappa shape index (κ1) is 22.6. The highest BCUT2D eigenvalue weighted by Gasteiger charge is 2.10. The summed E-state index contributed by atoms with van der Waals surface area (Å²) in [6, 6.07) is 3.53. The molecule has 0 atom stereocenters. The van der Waals surface area contributed by atoms with E-state index in [4.69, 9.17) is 37.5 Å². The highest BCUT2D eigenvalue weighted by atomic mass is 79.9. The van der Waals surface area contributed by atoms with Gasteiger partial charge in [0.1, 0.15) is 19.0 Å². The van der Waals surface area contributed by atoms with Gasteiger partial charge in [-0.2, -0.15) is 0 Å². The summed E-state index contributed by atoms with van der Waals surface area (Å²) in [7, 11) is 0. The average Bonchev–Trinajstić information content (AvgIpc) is 2.51. The van der Waals surface area contributed by atoms with Crippen LogP contribution in [0.5, 0.6) is 11.5 Å². The van der Waals surface area contributed by atoms with Crippen LogP contribution >= 0.6 is 55.1 Å². The molecule has 0 spiro atoms. The molecule has 4 nitrogen and oxygen atoms in total. The normalized spacial score (nSPS) is 11.2. The molecule has 0 saturated heterocycles. The van der Waals surface area contributed by atoms with Crippen LogP contribution in [0.15, 0.2) is 31.8 Å². The summed E-state index contributed by atoms with van der Waals surface area (Å²) < 4.78 is 12.6. The summed E-state index contributed by atoms with van der Waals surface area (Å²) in [4.78, 5) is 5.15. The van der Waals surface area contributed by atoms with Gasteiger partial charge in [-0.15, -0.1) is 0 Å². The lowest BCUT2D eigenvalue weighted by Gasteiger charge is -2.12. The predicted molar refractivity (Wildman–Crippen MR) is 112 cm³/mol. The van der Waals surface area contributed by atoms with Crippen LogP contribution in [-0.2, 0) is 4.84 Å². The van der Waals surface area contributed by atoms with Crippen molar-refractivity contribution in [3.05, 3.63) is 31.6 Å². The largest absolute Gasteiger partial charge is 0.491 e. The molecule has 0 radical (unpaired) electrons. The minimum atomic E-state index is 0.344. The van der Waals surface area contributed by atoms with Gasteiger partial charge in [0, 0.05) is 6.07 Å². The molecule has 0 aliphatic carbocycles. The van der Waals surface area contributed by atoms with Crippen LogP contribution in [0.25, 0.3) is 0 Å². The lowest BCUT2D eigenvalue weighted by molar-refractivity contribution is 0.138. The summed E-state index contributed by atoms with van der Waals surface area (Å²) in [5.74, 6) is 1.25. The fourth-order valence-electron chi connectivity index (χ4n) is 1.75. The Morgan fingerprint density at radius 1 is 1.16 bits per heavy atom. The fourth-order valence-corrected chi connectivity index (χ4v) is 2.88. The smallest absolute Gasteiger partial charge is 0.152 e. The fraction of sp³-hybridized carbons (Fsp3) is 0.471. The van der Waals surface area contributed by atoms with E-state index in [0.717, 1.165) is 29.4 Å². The Kier molecular flexibility index (Phi) is 11.6. The van der Waals surface area contributed by atoms with E-state index in [9.17, 15) is 0 Å². The second-order valence-electron chi connectivity index (χ2n) is 5.30. The quantitative estimate of drug-likeness (QED) is 0.182. The van der Waals surface area contributed by atoms with Gasteiger partial charge < -0.3 is 14.3 Å². The zero-order valence-corrected chi connectivity index (χ0v) is 18.8. The van der Waals surface area contributed by atoms with Crippen LogP contribution in [0.4, 0.5) is 0 Å². The van der Waals surface area contributed by atoms with Crippen LogP contribution in [0, 0.1) is 0 Å². The van der Waals surface area contributed by atoms with Gasteiger partial charge in [0.25, 0.3) is 0 Å². The highest BCUT2D eigenvalue weighted by Crippen LogP contribution is 2.37. The third kappa shape index (κ3) is 10.3. The number of hydrogen-bond donors (Lipinski definition) is 0. The molecule has 0 bridgehead atoms. The molecule has 1 rings (SSSR count). The molecule has 0 aromatic heterocycles. The minimum absolute atomic E-state index is 0.344. The van der Waals surface area contributed by atoms with Crippen molar-refractivity contribution in [1.82, 2.24) is 0 Å². The molecule has 0 heterocycles. The van der Waals surface area contributed by atoms with Gasteiger partial charge >= 0.3 is 0 Å². The van der Waals surface area contributed by atoms with Gasteiger partial charge in [-0.3, -0.25) is 0 Å². The van der Waals surface area contributed by atoms with E-state index in [2.05, 4.69) is 37.0 Å². The number of rotatable bonds is 11. The molecule has 1 aromatic carbocycles. The Balaban J connectivity index is 2.36. The Hall–Kier alpha value is -0.430. The minimum Gasteiger partial charge on any atom is -0.491 e. The van der Waals surface area contributed by atoms with Crippen molar-refractivity contribution in [1.29, 1.82) is 0 Å².